The van der Waals surface area contributed by atoms with Crippen molar-refractivity contribution in [3.8, 4) is 11.1 Å². The summed E-state index contributed by atoms with van der Waals surface area (Å²) in [6.45, 7) is 2.40. The third-order valence-electron chi connectivity index (χ3n) is 4.74. The predicted octanol–water partition coefficient (Wildman–Crippen LogP) is 5.76. The molecule has 0 N–H and O–H groups in total. The van der Waals surface area contributed by atoms with Crippen LogP contribution in [0.2, 0.25) is 5.15 Å². The molecule has 0 unspecified atom stereocenters. The summed E-state index contributed by atoms with van der Waals surface area (Å²) in [5.74, 6) is 0.750. The van der Waals surface area contributed by atoms with Gasteiger partial charge in [0.2, 0.25) is 0 Å². The number of methoxy groups -OCH3 is 1. The summed E-state index contributed by atoms with van der Waals surface area (Å²) in [6.07, 6.45) is 11.5. The van der Waals surface area contributed by atoms with Crippen LogP contribution in [0.25, 0.3) is 22.0 Å². The maximum absolute atomic E-state index is 14.2. The first-order chi connectivity index (χ1) is 14.2. The highest BCUT2D eigenvalue weighted by Crippen LogP contribution is 2.37. The first kappa shape index (κ1) is 23.6. The second-order valence-electron chi connectivity index (χ2n) is 8.07. The Hall–Kier alpha value is -1.06. The number of hydrogen-bond donors (Lipinski definition) is 0. The van der Waals surface area contributed by atoms with Gasteiger partial charge in [-0.15, -0.1) is 0 Å². The molecule has 0 radical (unpaired) electrons. The van der Waals surface area contributed by atoms with Gasteiger partial charge in [0.05, 0.1) is 16.6 Å². The zero-order valence-corrected chi connectivity index (χ0v) is 20.9. The second kappa shape index (κ2) is 10.0. The molecular formula is C21H28BrClFN3O2S. The van der Waals surface area contributed by atoms with Crippen LogP contribution in [0.15, 0.2) is 29.0 Å². The lowest BCUT2D eigenvalue weighted by atomic mass is 10.1. The molecule has 0 spiro atoms. The quantitative estimate of drug-likeness (QED) is 0.319. The summed E-state index contributed by atoms with van der Waals surface area (Å²) < 4.78 is 29.3. The van der Waals surface area contributed by atoms with Crippen molar-refractivity contribution in [1.82, 2.24) is 14.3 Å². The number of halogens is 3. The SMILES string of the molecule is COCCCn1cc(-c2cn(COCCS(C)(C)C)nc2Cl)c2cc(Br)c(F)cc21. The summed E-state index contributed by atoms with van der Waals surface area (Å²) in [6, 6.07) is 3.34. The van der Waals surface area contributed by atoms with E-state index in [4.69, 9.17) is 21.1 Å². The molecule has 2 heterocycles. The Labute approximate surface area is 191 Å². The molecule has 2 aromatic heterocycles. The van der Waals surface area contributed by atoms with Crippen LogP contribution < -0.4 is 0 Å². The number of hydrogen-bond acceptors (Lipinski definition) is 3. The fourth-order valence-electron chi connectivity index (χ4n) is 3.18. The Morgan fingerprint density at radius 1 is 1.17 bits per heavy atom. The molecule has 30 heavy (non-hydrogen) atoms. The predicted molar refractivity (Wildman–Crippen MR) is 129 cm³/mol. The van der Waals surface area contributed by atoms with E-state index in [0.29, 0.717) is 29.6 Å². The van der Waals surface area contributed by atoms with E-state index in [1.165, 1.54) is 0 Å². The zero-order chi connectivity index (χ0) is 21.9. The number of fused-ring (bicyclic) bond motifs is 1. The molecule has 5 nitrogen and oxygen atoms in total. The van der Waals surface area contributed by atoms with Gasteiger partial charge in [-0.2, -0.15) is 5.10 Å². The first-order valence-electron chi connectivity index (χ1n) is 9.63. The number of rotatable bonds is 10. The van der Waals surface area contributed by atoms with Crippen LogP contribution in [-0.2, 0) is 22.7 Å². The summed E-state index contributed by atoms with van der Waals surface area (Å²) in [7, 11) is 1.08. The second-order valence-corrected chi connectivity index (χ2v) is 13.9. The smallest absolute Gasteiger partial charge is 0.159 e. The summed E-state index contributed by atoms with van der Waals surface area (Å²) in [5.41, 5.74) is 2.53. The first-order valence-corrected chi connectivity index (χ1v) is 13.8. The van der Waals surface area contributed by atoms with Gasteiger partial charge in [0.25, 0.3) is 0 Å². The van der Waals surface area contributed by atoms with E-state index in [-0.39, 0.29) is 5.82 Å². The number of aryl methyl sites for hydroxylation is 1. The van der Waals surface area contributed by atoms with Crippen LogP contribution in [0.5, 0.6) is 0 Å². The van der Waals surface area contributed by atoms with E-state index < -0.39 is 10.0 Å². The lowest BCUT2D eigenvalue weighted by Gasteiger charge is -2.24. The van der Waals surface area contributed by atoms with Crippen molar-refractivity contribution in [2.24, 2.45) is 0 Å². The van der Waals surface area contributed by atoms with E-state index in [1.807, 2.05) is 17.0 Å². The molecule has 3 aromatic rings. The number of benzene rings is 1. The van der Waals surface area contributed by atoms with Gasteiger partial charge in [0.15, 0.2) is 5.15 Å². The van der Waals surface area contributed by atoms with Crippen molar-refractivity contribution in [1.29, 1.82) is 0 Å². The highest BCUT2D eigenvalue weighted by atomic mass is 79.9. The monoisotopic (exact) mass is 519 g/mol. The Morgan fingerprint density at radius 3 is 2.63 bits per heavy atom. The minimum absolute atomic E-state index is 0.295. The van der Waals surface area contributed by atoms with Crippen molar-refractivity contribution in [3.63, 3.8) is 0 Å². The maximum atomic E-state index is 14.2. The average Bonchev–Trinajstić information content (AvgIpc) is 3.19. The summed E-state index contributed by atoms with van der Waals surface area (Å²) in [4.78, 5) is 0. The molecule has 0 saturated carbocycles. The number of aromatic nitrogens is 3. The van der Waals surface area contributed by atoms with Crippen molar-refractivity contribution < 1.29 is 13.9 Å². The molecule has 0 bridgehead atoms. The molecule has 0 aliphatic heterocycles. The van der Waals surface area contributed by atoms with E-state index in [0.717, 1.165) is 40.7 Å². The van der Waals surface area contributed by atoms with E-state index >= 15 is 0 Å². The third kappa shape index (κ3) is 5.79. The lowest BCUT2D eigenvalue weighted by Crippen LogP contribution is -2.10. The van der Waals surface area contributed by atoms with Gasteiger partial charge in [0, 0.05) is 54.9 Å². The summed E-state index contributed by atoms with van der Waals surface area (Å²) in [5, 5.41) is 5.72. The van der Waals surface area contributed by atoms with Gasteiger partial charge < -0.3 is 14.0 Å². The standard InChI is InChI=1S/C21H28BrClFN3O2S/c1-28-7-5-6-26-12-16(15-10-18(22)19(24)11-20(15)26)17-13-27(25-21(17)23)14-29-8-9-30(2,3)4/h10-13H,5-9,14H2,1-4H3. The fourth-order valence-corrected chi connectivity index (χ4v) is 4.38. The average molecular weight is 521 g/mol. The van der Waals surface area contributed by atoms with Gasteiger partial charge in [-0.3, -0.25) is 0 Å². The maximum Gasteiger partial charge on any atom is 0.159 e. The highest BCUT2D eigenvalue weighted by molar-refractivity contribution is 9.10. The molecule has 166 valence electrons. The Balaban J connectivity index is 1.88. The molecule has 0 saturated heterocycles. The molecule has 3 rings (SSSR count). The molecule has 9 heteroatoms. The molecule has 1 aromatic carbocycles. The molecular weight excluding hydrogens is 493 g/mol. The Bertz CT molecular complexity index is 1020. The van der Waals surface area contributed by atoms with Crippen LogP contribution in [-0.4, -0.2) is 59.2 Å². The molecule has 0 atom stereocenters. The topological polar surface area (TPSA) is 41.2 Å². The zero-order valence-electron chi connectivity index (χ0n) is 17.8. The van der Waals surface area contributed by atoms with Gasteiger partial charge in [-0.25, -0.2) is 19.1 Å². The van der Waals surface area contributed by atoms with Gasteiger partial charge in [-0.1, -0.05) is 11.6 Å². The Kier molecular flexibility index (Phi) is 7.90. The van der Waals surface area contributed by atoms with Crippen LogP contribution in [0.1, 0.15) is 6.42 Å². The van der Waals surface area contributed by atoms with Gasteiger partial charge in [-0.05, 0) is 53.3 Å². The third-order valence-corrected chi connectivity index (χ3v) is 7.02. The minimum atomic E-state index is -0.591. The Morgan fingerprint density at radius 2 is 1.93 bits per heavy atom. The van der Waals surface area contributed by atoms with Crippen molar-refractivity contribution >= 4 is 48.5 Å². The van der Waals surface area contributed by atoms with E-state index in [2.05, 4.69) is 39.8 Å². The van der Waals surface area contributed by atoms with Crippen LogP contribution in [0.3, 0.4) is 0 Å². The van der Waals surface area contributed by atoms with E-state index in [1.54, 1.807) is 23.9 Å². The van der Waals surface area contributed by atoms with Crippen LogP contribution >= 0.6 is 37.6 Å². The molecule has 0 aliphatic rings. The fraction of sp³-hybridized carbons (Fsp3) is 0.476. The van der Waals surface area contributed by atoms with Crippen molar-refractivity contribution in [2.45, 2.75) is 19.7 Å². The van der Waals surface area contributed by atoms with Crippen molar-refractivity contribution in [2.75, 3.05) is 44.8 Å². The number of ether oxygens (including phenoxy) is 2. The lowest BCUT2D eigenvalue weighted by molar-refractivity contribution is 0.0810. The number of nitrogens with zero attached hydrogens (tertiary/aromatic N) is 3. The van der Waals surface area contributed by atoms with Crippen molar-refractivity contribution in [3.05, 3.63) is 40.0 Å². The van der Waals surface area contributed by atoms with Crippen LogP contribution in [0.4, 0.5) is 4.39 Å². The largest absolute Gasteiger partial charge is 0.385 e. The van der Waals surface area contributed by atoms with E-state index in [9.17, 15) is 4.39 Å². The minimum Gasteiger partial charge on any atom is -0.385 e. The van der Waals surface area contributed by atoms with Gasteiger partial charge in [0.1, 0.15) is 12.5 Å². The summed E-state index contributed by atoms with van der Waals surface area (Å²) >= 11 is 9.78. The highest BCUT2D eigenvalue weighted by Gasteiger charge is 2.18. The molecule has 0 fully saturated rings. The molecule has 0 aliphatic carbocycles. The normalized spacial score (nSPS) is 12.8. The molecule has 0 amide bonds. The van der Waals surface area contributed by atoms with Crippen LogP contribution in [0, 0.1) is 5.82 Å². The van der Waals surface area contributed by atoms with Gasteiger partial charge >= 0.3 is 0 Å².